The lowest BCUT2D eigenvalue weighted by atomic mass is 9.94. The second kappa shape index (κ2) is 6.32. The first-order valence-corrected chi connectivity index (χ1v) is 8.56. The smallest absolute Gasteiger partial charge is 0.209 e. The Hall–Kier alpha value is -2.28. The van der Waals surface area contributed by atoms with Crippen molar-refractivity contribution < 1.29 is 9.52 Å². The zero-order valence-electron chi connectivity index (χ0n) is 14.1. The quantitative estimate of drug-likeness (QED) is 0.686. The summed E-state index contributed by atoms with van der Waals surface area (Å²) in [5, 5.41) is 17.5. The maximum Gasteiger partial charge on any atom is 0.209 e. The van der Waals surface area contributed by atoms with E-state index in [2.05, 4.69) is 40.9 Å². The largest absolute Gasteiger partial charge is 0.507 e. The summed E-state index contributed by atoms with van der Waals surface area (Å²) >= 11 is 1.45. The van der Waals surface area contributed by atoms with Gasteiger partial charge >= 0.3 is 0 Å². The number of hydrogen-bond acceptors (Lipinski definition) is 6. The number of phenolic OH excluding ortho intramolecular Hbond substituents is 1. The van der Waals surface area contributed by atoms with Gasteiger partial charge in [0.2, 0.25) is 11.0 Å². The molecule has 2 heterocycles. The Kier molecular flexibility index (Phi) is 4.36. The molecule has 0 saturated carbocycles. The van der Waals surface area contributed by atoms with Crippen molar-refractivity contribution in [1.29, 1.82) is 0 Å². The fraction of sp³-hybridized carbons (Fsp3) is 0.353. The van der Waals surface area contributed by atoms with Crippen LogP contribution in [0.15, 0.2) is 40.0 Å². The fourth-order valence-electron chi connectivity index (χ4n) is 2.12. The summed E-state index contributed by atoms with van der Waals surface area (Å²) in [4.78, 5) is 8.79. The number of nitrogens with one attached hydrogen (secondary N) is 1. The monoisotopic (exact) mass is 344 g/mol. The molecule has 1 aromatic carbocycles. The summed E-state index contributed by atoms with van der Waals surface area (Å²) in [6.45, 7) is 8.26. The molecule has 3 aromatic rings. The lowest BCUT2D eigenvalue weighted by Crippen LogP contribution is -2.09. The third-order valence-corrected chi connectivity index (χ3v) is 4.47. The highest BCUT2D eigenvalue weighted by molar-refractivity contribution is 7.99. The Bertz CT molecular complexity index is 835. The van der Waals surface area contributed by atoms with E-state index in [0.29, 0.717) is 22.4 Å². The number of nitrogens with zero attached hydrogens (tertiary/aromatic N) is 3. The van der Waals surface area contributed by atoms with Gasteiger partial charge in [0.05, 0.1) is 17.0 Å². The number of aromatic nitrogens is 4. The Labute approximate surface area is 144 Å². The third-order valence-electron chi connectivity index (χ3n) is 3.52. The van der Waals surface area contributed by atoms with E-state index in [1.54, 1.807) is 24.4 Å². The summed E-state index contributed by atoms with van der Waals surface area (Å²) in [7, 11) is 0. The van der Waals surface area contributed by atoms with E-state index in [1.807, 2.05) is 13.0 Å². The second-order valence-corrected chi connectivity index (χ2v) is 7.86. The van der Waals surface area contributed by atoms with Crippen LogP contribution < -0.4 is 0 Å². The molecule has 3 rings (SSSR count). The van der Waals surface area contributed by atoms with Crippen LogP contribution in [0.1, 0.15) is 44.6 Å². The molecule has 24 heavy (non-hydrogen) atoms. The highest BCUT2D eigenvalue weighted by Gasteiger charge is 2.22. The molecule has 0 spiro atoms. The van der Waals surface area contributed by atoms with Crippen molar-refractivity contribution in [1.82, 2.24) is 20.2 Å². The van der Waals surface area contributed by atoms with Gasteiger partial charge in [0.15, 0.2) is 5.82 Å². The summed E-state index contributed by atoms with van der Waals surface area (Å²) in [6, 6.07) is 7.02. The molecule has 0 aliphatic heterocycles. The van der Waals surface area contributed by atoms with Gasteiger partial charge in [-0.2, -0.15) is 0 Å². The number of aromatic hydroxyl groups is 1. The summed E-state index contributed by atoms with van der Waals surface area (Å²) in [5.74, 6) is 2.21. The molecular formula is C17H20N4O2S. The molecule has 0 bridgehead atoms. The van der Waals surface area contributed by atoms with Crippen molar-refractivity contribution in [2.45, 2.75) is 43.5 Å². The van der Waals surface area contributed by atoms with E-state index in [-0.39, 0.29) is 16.4 Å². The Balaban J connectivity index is 1.75. The average Bonchev–Trinajstić information content (AvgIpc) is 3.16. The number of rotatable bonds is 4. The number of hydrogen-bond donors (Lipinski definition) is 2. The number of thioether (sulfide) groups is 1. The van der Waals surface area contributed by atoms with Gasteiger partial charge in [0.1, 0.15) is 11.5 Å². The zero-order valence-corrected chi connectivity index (χ0v) is 14.9. The number of phenols is 1. The van der Waals surface area contributed by atoms with E-state index in [0.717, 1.165) is 5.76 Å². The standard InChI is InChI=1S/C17H20N4O2S/c1-10(15-18-9-13(23-15)17(2,3)4)24-16-19-14(20-21-16)11-7-5-6-8-12(11)22/h5-10,22H,1-4H3,(H,19,20,21). The van der Waals surface area contributed by atoms with Crippen LogP contribution in [0.4, 0.5) is 0 Å². The van der Waals surface area contributed by atoms with Crippen LogP contribution in [-0.4, -0.2) is 25.3 Å². The SMILES string of the molecule is CC(Sc1n[nH]c(-c2ccccc2O)n1)c1ncc(C(C)(C)C)o1. The normalized spacial score (nSPS) is 13.2. The Morgan fingerprint density at radius 1 is 1.25 bits per heavy atom. The molecule has 0 radical (unpaired) electrons. The lowest BCUT2D eigenvalue weighted by Gasteiger charge is -2.13. The van der Waals surface area contributed by atoms with Gasteiger partial charge in [-0.15, -0.1) is 5.10 Å². The molecule has 7 heteroatoms. The van der Waals surface area contributed by atoms with Gasteiger partial charge in [-0.1, -0.05) is 44.7 Å². The van der Waals surface area contributed by atoms with Gasteiger partial charge in [-0.3, -0.25) is 5.10 Å². The number of H-pyrrole nitrogens is 1. The van der Waals surface area contributed by atoms with Crippen molar-refractivity contribution in [2.75, 3.05) is 0 Å². The lowest BCUT2D eigenvalue weighted by molar-refractivity contribution is 0.383. The molecule has 126 valence electrons. The van der Waals surface area contributed by atoms with Crippen molar-refractivity contribution in [3.05, 3.63) is 42.1 Å². The van der Waals surface area contributed by atoms with Gasteiger partial charge < -0.3 is 9.52 Å². The van der Waals surface area contributed by atoms with Crippen LogP contribution in [-0.2, 0) is 5.41 Å². The predicted octanol–water partition coefficient (Wildman–Crippen LogP) is 4.32. The molecule has 0 amide bonds. The minimum absolute atomic E-state index is 0.0193. The summed E-state index contributed by atoms with van der Waals surface area (Å²) in [6.07, 6.45) is 1.78. The van der Waals surface area contributed by atoms with Crippen LogP contribution in [0, 0.1) is 0 Å². The summed E-state index contributed by atoms with van der Waals surface area (Å²) in [5.41, 5.74) is 0.550. The first-order valence-electron chi connectivity index (χ1n) is 7.68. The topological polar surface area (TPSA) is 87.8 Å². The van der Waals surface area contributed by atoms with E-state index >= 15 is 0 Å². The molecule has 2 N–H and O–H groups in total. The number of para-hydroxylation sites is 1. The van der Waals surface area contributed by atoms with Gasteiger partial charge in [-0.05, 0) is 19.1 Å². The molecule has 0 aliphatic rings. The molecular weight excluding hydrogens is 324 g/mol. The van der Waals surface area contributed by atoms with Crippen molar-refractivity contribution >= 4 is 11.8 Å². The van der Waals surface area contributed by atoms with Crippen LogP contribution in [0.25, 0.3) is 11.4 Å². The highest BCUT2D eigenvalue weighted by Crippen LogP contribution is 2.35. The minimum Gasteiger partial charge on any atom is -0.507 e. The predicted molar refractivity (Wildman–Crippen MR) is 93.0 cm³/mol. The summed E-state index contributed by atoms with van der Waals surface area (Å²) < 4.78 is 5.85. The van der Waals surface area contributed by atoms with Crippen molar-refractivity contribution in [2.24, 2.45) is 0 Å². The molecule has 1 unspecified atom stereocenters. The van der Waals surface area contributed by atoms with Crippen LogP contribution in [0.5, 0.6) is 5.75 Å². The van der Waals surface area contributed by atoms with Crippen LogP contribution in [0.2, 0.25) is 0 Å². The highest BCUT2D eigenvalue weighted by atomic mass is 32.2. The molecule has 0 aliphatic carbocycles. The van der Waals surface area contributed by atoms with Crippen LogP contribution in [0.3, 0.4) is 0 Å². The number of oxazole rings is 1. The average molecular weight is 344 g/mol. The first kappa shape index (κ1) is 16.6. The van der Waals surface area contributed by atoms with E-state index in [9.17, 15) is 5.11 Å². The molecule has 0 saturated heterocycles. The second-order valence-electron chi connectivity index (χ2n) is 6.56. The maximum atomic E-state index is 9.89. The Morgan fingerprint density at radius 3 is 2.67 bits per heavy atom. The third kappa shape index (κ3) is 3.46. The van der Waals surface area contributed by atoms with Crippen LogP contribution >= 0.6 is 11.8 Å². The van der Waals surface area contributed by atoms with E-state index in [4.69, 9.17) is 4.42 Å². The number of benzene rings is 1. The first-order chi connectivity index (χ1) is 11.3. The van der Waals surface area contributed by atoms with Gasteiger partial charge in [-0.25, -0.2) is 9.97 Å². The Morgan fingerprint density at radius 2 is 2.00 bits per heavy atom. The molecule has 6 nitrogen and oxygen atoms in total. The molecule has 0 fully saturated rings. The zero-order chi connectivity index (χ0) is 17.3. The van der Waals surface area contributed by atoms with Crippen molar-refractivity contribution in [3.63, 3.8) is 0 Å². The van der Waals surface area contributed by atoms with E-state index in [1.165, 1.54) is 11.8 Å². The minimum atomic E-state index is -0.0712. The fourth-order valence-corrected chi connectivity index (χ4v) is 2.89. The van der Waals surface area contributed by atoms with E-state index < -0.39 is 0 Å². The number of aromatic amines is 1. The van der Waals surface area contributed by atoms with Gasteiger partial charge in [0, 0.05) is 5.41 Å². The maximum absolute atomic E-state index is 9.89. The van der Waals surface area contributed by atoms with Gasteiger partial charge in [0.25, 0.3) is 0 Å². The molecule has 1 atom stereocenters. The van der Waals surface area contributed by atoms with Crippen molar-refractivity contribution in [3.8, 4) is 17.1 Å². The molecule has 2 aromatic heterocycles.